The second kappa shape index (κ2) is 15.7. The minimum absolute atomic E-state index is 0.224. The molecule has 9 heteroatoms. The normalized spacial score (nSPS) is 25.2. The van der Waals surface area contributed by atoms with Gasteiger partial charge in [-0.1, -0.05) is 38.5 Å². The Labute approximate surface area is 178 Å². The molecule has 0 amide bonds. The number of hydrogen-bond acceptors (Lipinski definition) is 8. The Balaban J connectivity index is 2.13. The van der Waals surface area contributed by atoms with Gasteiger partial charge in [0.1, 0.15) is 24.1 Å². The van der Waals surface area contributed by atoms with Crippen LogP contribution in [0.1, 0.15) is 77.0 Å². The minimum atomic E-state index is -1.52. The lowest BCUT2D eigenvalue weighted by molar-refractivity contribution is -0.282. The fourth-order valence-electron chi connectivity index (χ4n) is 3.41. The number of carbonyl (C=O) groups is 2. The Morgan fingerprint density at radius 1 is 0.867 bits per heavy atom. The molecule has 0 aromatic carbocycles. The summed E-state index contributed by atoms with van der Waals surface area (Å²) < 4.78 is 10.4. The Hall–Kier alpha value is -1.10. The fourth-order valence-corrected chi connectivity index (χ4v) is 3.41. The van der Waals surface area contributed by atoms with Gasteiger partial charge in [0, 0.05) is 19.4 Å². The Kier molecular flexibility index (Phi) is 14.1. The van der Waals surface area contributed by atoms with Crippen LogP contribution >= 0.6 is 0 Å². The van der Waals surface area contributed by atoms with Crippen molar-refractivity contribution in [2.45, 2.75) is 108 Å². The van der Waals surface area contributed by atoms with Crippen LogP contribution < -0.4 is 0 Å². The maximum Gasteiger partial charge on any atom is 0.332 e. The first kappa shape index (κ1) is 26.9. The molecule has 0 aromatic heterocycles. The van der Waals surface area contributed by atoms with Gasteiger partial charge in [0.25, 0.3) is 0 Å². The quantitative estimate of drug-likeness (QED) is 0.212. The molecule has 1 heterocycles. The molecule has 5 N–H and O–H groups in total. The van der Waals surface area contributed by atoms with Crippen LogP contribution in [0.2, 0.25) is 0 Å². The highest BCUT2D eigenvalue weighted by Crippen LogP contribution is 2.20. The van der Waals surface area contributed by atoms with Crippen molar-refractivity contribution in [3.63, 3.8) is 0 Å². The molecule has 0 spiro atoms. The second-order valence-corrected chi connectivity index (χ2v) is 7.95. The first-order chi connectivity index (χ1) is 14.4. The second-order valence-electron chi connectivity index (χ2n) is 7.95. The molecule has 0 aromatic rings. The van der Waals surface area contributed by atoms with Crippen LogP contribution in [-0.2, 0) is 19.1 Å². The molecular weight excluding hydrogens is 396 g/mol. The number of ether oxygens (including phenoxy) is 2. The zero-order chi connectivity index (χ0) is 22.4. The van der Waals surface area contributed by atoms with Gasteiger partial charge in [0.2, 0.25) is 0 Å². The van der Waals surface area contributed by atoms with E-state index in [-0.39, 0.29) is 25.4 Å². The monoisotopic (exact) mass is 434 g/mol. The number of aliphatic hydroxyl groups is 4. The summed E-state index contributed by atoms with van der Waals surface area (Å²) in [7, 11) is 0. The predicted molar refractivity (Wildman–Crippen MR) is 108 cm³/mol. The van der Waals surface area contributed by atoms with Crippen molar-refractivity contribution >= 4 is 11.8 Å². The smallest absolute Gasteiger partial charge is 0.332 e. The average molecular weight is 435 g/mol. The fraction of sp³-hybridized carbons (Fsp3) is 0.905. The van der Waals surface area contributed by atoms with Crippen LogP contribution in [0.3, 0.4) is 0 Å². The number of ketones is 1. The van der Waals surface area contributed by atoms with Gasteiger partial charge in [-0.2, -0.15) is 0 Å². The van der Waals surface area contributed by atoms with Crippen molar-refractivity contribution in [2.24, 2.45) is 0 Å². The third kappa shape index (κ3) is 10.8. The van der Waals surface area contributed by atoms with E-state index in [1.165, 1.54) is 0 Å². The van der Waals surface area contributed by atoms with E-state index in [1.807, 2.05) is 0 Å². The maximum atomic E-state index is 11.9. The van der Waals surface area contributed by atoms with Gasteiger partial charge in [-0.3, -0.25) is 4.79 Å². The number of carboxylic acid groups (broad SMARTS) is 1. The Bertz CT molecular complexity index is 485. The average Bonchev–Trinajstić information content (AvgIpc) is 2.71. The summed E-state index contributed by atoms with van der Waals surface area (Å²) >= 11 is 0. The highest BCUT2D eigenvalue weighted by molar-refractivity contribution is 5.78. The largest absolute Gasteiger partial charge is 0.479 e. The van der Waals surface area contributed by atoms with Crippen LogP contribution in [0.5, 0.6) is 0 Å². The van der Waals surface area contributed by atoms with Crippen molar-refractivity contribution in [1.29, 1.82) is 0 Å². The first-order valence-electron chi connectivity index (χ1n) is 11.0. The van der Waals surface area contributed by atoms with Crippen molar-refractivity contribution < 1.29 is 44.6 Å². The van der Waals surface area contributed by atoms with Gasteiger partial charge in [-0.05, 0) is 25.7 Å². The predicted octanol–water partition coefficient (Wildman–Crippen LogP) is 1.14. The van der Waals surface area contributed by atoms with Crippen LogP contribution in [0.4, 0.5) is 0 Å². The molecule has 1 aliphatic rings. The number of hydrogen-bond donors (Lipinski definition) is 5. The van der Waals surface area contributed by atoms with Crippen molar-refractivity contribution in [2.75, 3.05) is 13.2 Å². The molecule has 0 bridgehead atoms. The minimum Gasteiger partial charge on any atom is -0.479 e. The van der Waals surface area contributed by atoms with Gasteiger partial charge in [-0.25, -0.2) is 4.79 Å². The molecule has 5 atom stereocenters. The number of carbonyl (C=O) groups excluding carboxylic acids is 1. The van der Waals surface area contributed by atoms with E-state index in [2.05, 4.69) is 0 Å². The molecule has 1 fully saturated rings. The molecule has 0 saturated carbocycles. The lowest BCUT2D eigenvalue weighted by atomic mass is 10.0. The van der Waals surface area contributed by atoms with E-state index in [0.717, 1.165) is 51.4 Å². The number of Topliss-reactive ketones (excluding diaryl/α,β-unsaturated/α-hetero) is 1. The topological polar surface area (TPSA) is 154 Å². The van der Waals surface area contributed by atoms with E-state index >= 15 is 0 Å². The maximum absolute atomic E-state index is 11.9. The lowest BCUT2D eigenvalue weighted by Gasteiger charge is -2.36. The Morgan fingerprint density at radius 3 is 2.03 bits per heavy atom. The van der Waals surface area contributed by atoms with Crippen molar-refractivity contribution in [3.05, 3.63) is 0 Å². The molecule has 0 radical (unpaired) electrons. The first-order valence-corrected chi connectivity index (χ1v) is 11.0. The van der Waals surface area contributed by atoms with E-state index in [4.69, 9.17) is 14.6 Å². The molecule has 176 valence electrons. The number of aliphatic hydroxyl groups excluding tert-OH is 4. The van der Waals surface area contributed by atoms with Crippen LogP contribution in [0, 0.1) is 0 Å². The zero-order valence-corrected chi connectivity index (χ0v) is 17.7. The molecule has 0 aliphatic carbocycles. The highest BCUT2D eigenvalue weighted by Gasteiger charge is 2.40. The van der Waals surface area contributed by atoms with Crippen LogP contribution in [0.25, 0.3) is 0 Å². The summed E-state index contributed by atoms with van der Waals surface area (Å²) in [5.74, 6) is -0.923. The molecule has 9 nitrogen and oxygen atoms in total. The zero-order valence-electron chi connectivity index (χ0n) is 17.7. The Morgan fingerprint density at radius 2 is 1.43 bits per heavy atom. The number of rotatable bonds is 17. The van der Waals surface area contributed by atoms with E-state index in [1.54, 1.807) is 0 Å². The van der Waals surface area contributed by atoms with Gasteiger partial charge in [-0.15, -0.1) is 0 Å². The summed E-state index contributed by atoms with van der Waals surface area (Å²) in [5, 5.41) is 46.9. The van der Waals surface area contributed by atoms with E-state index in [0.29, 0.717) is 19.3 Å². The molecule has 1 unspecified atom stereocenters. The molecule has 1 saturated heterocycles. The van der Waals surface area contributed by atoms with E-state index < -0.39 is 36.7 Å². The molecule has 30 heavy (non-hydrogen) atoms. The highest BCUT2D eigenvalue weighted by atomic mass is 16.7. The number of unbranched alkanes of at least 4 members (excludes halogenated alkanes) is 7. The van der Waals surface area contributed by atoms with Crippen molar-refractivity contribution in [3.8, 4) is 0 Å². The summed E-state index contributed by atoms with van der Waals surface area (Å²) in [4.78, 5) is 23.2. The molecule has 1 rings (SSSR count). The van der Waals surface area contributed by atoms with Gasteiger partial charge < -0.3 is 35.0 Å². The summed E-state index contributed by atoms with van der Waals surface area (Å²) in [6.45, 7) is -0.0201. The van der Waals surface area contributed by atoms with Gasteiger partial charge in [0.15, 0.2) is 12.4 Å². The third-order valence-corrected chi connectivity index (χ3v) is 5.31. The standard InChI is InChI=1S/C21H38O9/c22-13-9-5-1-2-6-10-15(23)11-7-3-4-8-12-17(20(27)28)30-21-19(26)18(25)16(24)14-29-21/h16-19,21-22,24-26H,1-14H2,(H,27,28)/t16-,17?,18+,19-,21+/m1/s1. The molecular formula is C21H38O9. The van der Waals surface area contributed by atoms with Crippen LogP contribution in [-0.4, -0.2) is 81.2 Å². The molecule has 1 aliphatic heterocycles. The van der Waals surface area contributed by atoms with E-state index in [9.17, 15) is 30.0 Å². The number of carboxylic acids is 1. The third-order valence-electron chi connectivity index (χ3n) is 5.31. The summed E-state index contributed by atoms with van der Waals surface area (Å²) in [5.41, 5.74) is 0. The van der Waals surface area contributed by atoms with Gasteiger partial charge in [0.05, 0.1) is 6.61 Å². The van der Waals surface area contributed by atoms with Crippen molar-refractivity contribution in [1.82, 2.24) is 0 Å². The lowest BCUT2D eigenvalue weighted by Crippen LogP contribution is -2.55. The van der Waals surface area contributed by atoms with Gasteiger partial charge >= 0.3 is 5.97 Å². The van der Waals surface area contributed by atoms with Crippen LogP contribution in [0.15, 0.2) is 0 Å². The SMILES string of the molecule is O=C(CCCCCCCO)CCCCCCC(O[C@@H]1OC[C@@H](O)[C@H](O)[C@H]1O)C(=O)O. The number of aliphatic carboxylic acids is 1. The summed E-state index contributed by atoms with van der Waals surface area (Å²) in [6.07, 6.45) is 2.39. The summed E-state index contributed by atoms with van der Waals surface area (Å²) in [6, 6.07) is 0.